The summed E-state index contributed by atoms with van der Waals surface area (Å²) in [5, 5.41) is 4.24. The molecule has 0 aromatic carbocycles. The maximum Gasteiger partial charge on any atom is 0.213 e. The van der Waals surface area contributed by atoms with Gasteiger partial charge in [0.05, 0.1) is 18.4 Å². The Bertz CT molecular complexity index is 667. The van der Waals surface area contributed by atoms with Gasteiger partial charge < -0.3 is 9.47 Å². The van der Waals surface area contributed by atoms with Gasteiger partial charge in [-0.3, -0.25) is 9.58 Å². The molecule has 6 nitrogen and oxygen atoms in total. The van der Waals surface area contributed by atoms with Gasteiger partial charge in [-0.25, -0.2) is 4.98 Å². The van der Waals surface area contributed by atoms with E-state index in [0.29, 0.717) is 18.4 Å². The molecule has 24 heavy (non-hydrogen) atoms. The largest absolute Gasteiger partial charge is 0.478 e. The van der Waals surface area contributed by atoms with Crippen LogP contribution in [0.3, 0.4) is 0 Å². The lowest BCUT2D eigenvalue weighted by atomic mass is 9.79. The van der Waals surface area contributed by atoms with Crippen LogP contribution in [-0.2, 0) is 18.3 Å². The van der Waals surface area contributed by atoms with E-state index in [-0.39, 0.29) is 5.60 Å². The molecule has 4 rings (SSSR count). The predicted molar refractivity (Wildman–Crippen MR) is 89.6 cm³/mol. The molecule has 0 amide bonds. The first-order chi connectivity index (χ1) is 11.7. The molecule has 1 spiro atoms. The molecule has 2 aromatic heterocycles. The van der Waals surface area contributed by atoms with Crippen molar-refractivity contribution in [2.45, 2.75) is 25.0 Å². The Balaban J connectivity index is 1.26. The van der Waals surface area contributed by atoms with E-state index in [9.17, 15) is 0 Å². The fourth-order valence-corrected chi connectivity index (χ4v) is 3.91. The standard InChI is InChI=1S/C18H24N4O2/c1-21-11-15(10-20-21)12-22-13-18(14-22)16(6-9-24-18)5-8-23-17-4-2-3-7-19-17/h2-4,7,10-11,16H,5-6,8-9,12-14H2,1H3/t16-/m0/s1. The molecule has 2 aliphatic heterocycles. The number of hydrogen-bond donors (Lipinski definition) is 0. The van der Waals surface area contributed by atoms with Crippen molar-refractivity contribution in [3.63, 3.8) is 0 Å². The molecule has 0 N–H and O–H groups in total. The molecule has 0 bridgehead atoms. The third-order valence-corrected chi connectivity index (χ3v) is 5.10. The van der Waals surface area contributed by atoms with Gasteiger partial charge in [-0.05, 0) is 24.8 Å². The fraction of sp³-hybridized carbons (Fsp3) is 0.556. The number of likely N-dealkylation sites (tertiary alicyclic amines) is 1. The van der Waals surface area contributed by atoms with E-state index >= 15 is 0 Å². The zero-order chi connectivity index (χ0) is 16.4. The second kappa shape index (κ2) is 6.53. The summed E-state index contributed by atoms with van der Waals surface area (Å²) in [4.78, 5) is 6.64. The molecule has 2 aromatic rings. The molecule has 0 saturated carbocycles. The smallest absolute Gasteiger partial charge is 0.213 e. The molecule has 0 unspecified atom stereocenters. The Morgan fingerprint density at radius 3 is 3.04 bits per heavy atom. The molecular weight excluding hydrogens is 304 g/mol. The summed E-state index contributed by atoms with van der Waals surface area (Å²) in [7, 11) is 1.96. The first kappa shape index (κ1) is 15.6. The molecule has 6 heteroatoms. The van der Waals surface area contributed by atoms with Gasteiger partial charge in [-0.2, -0.15) is 5.10 Å². The average molecular weight is 328 g/mol. The van der Waals surface area contributed by atoms with Gasteiger partial charge in [-0.1, -0.05) is 6.07 Å². The molecular formula is C18H24N4O2. The summed E-state index contributed by atoms with van der Waals surface area (Å²) in [6.07, 6.45) is 7.94. The van der Waals surface area contributed by atoms with Crippen molar-refractivity contribution >= 4 is 0 Å². The summed E-state index contributed by atoms with van der Waals surface area (Å²) >= 11 is 0. The number of aryl methyl sites for hydroxylation is 1. The normalized spacial score (nSPS) is 22.6. The summed E-state index contributed by atoms with van der Waals surface area (Å²) in [5.74, 6) is 1.28. The summed E-state index contributed by atoms with van der Waals surface area (Å²) in [5.41, 5.74) is 1.30. The summed E-state index contributed by atoms with van der Waals surface area (Å²) < 4.78 is 13.8. The zero-order valence-electron chi connectivity index (χ0n) is 14.1. The second-order valence-corrected chi connectivity index (χ2v) is 6.87. The quantitative estimate of drug-likeness (QED) is 0.810. The van der Waals surface area contributed by atoms with Crippen LogP contribution in [0, 0.1) is 5.92 Å². The highest BCUT2D eigenvalue weighted by Gasteiger charge is 2.52. The van der Waals surface area contributed by atoms with Crippen LogP contribution >= 0.6 is 0 Å². The van der Waals surface area contributed by atoms with Gasteiger partial charge in [0.25, 0.3) is 0 Å². The second-order valence-electron chi connectivity index (χ2n) is 6.87. The van der Waals surface area contributed by atoms with Crippen LogP contribution in [-0.4, -0.2) is 51.6 Å². The van der Waals surface area contributed by atoms with Gasteiger partial charge in [0.2, 0.25) is 5.88 Å². The molecule has 4 heterocycles. The number of nitrogens with zero attached hydrogens (tertiary/aromatic N) is 4. The molecule has 0 radical (unpaired) electrons. The van der Waals surface area contributed by atoms with Gasteiger partial charge in [0, 0.05) is 57.3 Å². The molecule has 0 aliphatic carbocycles. The Morgan fingerprint density at radius 2 is 2.29 bits per heavy atom. The van der Waals surface area contributed by atoms with E-state index in [1.165, 1.54) is 5.56 Å². The predicted octanol–water partition coefficient (Wildman–Crippen LogP) is 1.88. The van der Waals surface area contributed by atoms with Crippen molar-refractivity contribution in [3.8, 4) is 5.88 Å². The van der Waals surface area contributed by atoms with Crippen molar-refractivity contribution in [1.82, 2.24) is 19.7 Å². The van der Waals surface area contributed by atoms with Crippen molar-refractivity contribution in [3.05, 3.63) is 42.4 Å². The average Bonchev–Trinajstić information content (AvgIpc) is 3.15. The SMILES string of the molecule is Cn1cc(CN2CC3(C2)OCC[C@@H]3CCOc2ccccn2)cn1. The van der Waals surface area contributed by atoms with Gasteiger partial charge >= 0.3 is 0 Å². The summed E-state index contributed by atoms with van der Waals surface area (Å²) in [6, 6.07) is 5.75. The lowest BCUT2D eigenvalue weighted by Gasteiger charge is -2.50. The minimum Gasteiger partial charge on any atom is -0.478 e. The minimum atomic E-state index is 0.0374. The Kier molecular flexibility index (Phi) is 4.24. The lowest BCUT2D eigenvalue weighted by Crippen LogP contribution is -2.64. The molecule has 2 saturated heterocycles. The van der Waals surface area contributed by atoms with Crippen molar-refractivity contribution in [2.75, 3.05) is 26.3 Å². The van der Waals surface area contributed by atoms with Crippen molar-refractivity contribution in [1.29, 1.82) is 0 Å². The molecule has 128 valence electrons. The highest BCUT2D eigenvalue weighted by Crippen LogP contribution is 2.42. The monoisotopic (exact) mass is 328 g/mol. The lowest BCUT2D eigenvalue weighted by molar-refractivity contribution is -0.138. The molecule has 2 fully saturated rings. The maximum absolute atomic E-state index is 6.13. The van der Waals surface area contributed by atoms with Crippen molar-refractivity contribution < 1.29 is 9.47 Å². The maximum atomic E-state index is 6.13. The van der Waals surface area contributed by atoms with E-state index in [1.807, 2.05) is 36.1 Å². The van der Waals surface area contributed by atoms with Crippen LogP contribution < -0.4 is 4.74 Å². The van der Waals surface area contributed by atoms with Crippen LogP contribution in [0.2, 0.25) is 0 Å². The van der Waals surface area contributed by atoms with Gasteiger partial charge in [0.15, 0.2) is 0 Å². The fourth-order valence-electron chi connectivity index (χ4n) is 3.91. The highest BCUT2D eigenvalue weighted by molar-refractivity contribution is 5.11. The van der Waals surface area contributed by atoms with Crippen LogP contribution in [0.1, 0.15) is 18.4 Å². The third kappa shape index (κ3) is 3.16. The molecule has 2 aliphatic rings. The topological polar surface area (TPSA) is 52.4 Å². The van der Waals surface area contributed by atoms with Crippen LogP contribution in [0.4, 0.5) is 0 Å². The van der Waals surface area contributed by atoms with E-state index < -0.39 is 0 Å². The Morgan fingerprint density at radius 1 is 1.38 bits per heavy atom. The minimum absolute atomic E-state index is 0.0374. The number of hydrogen-bond acceptors (Lipinski definition) is 5. The van der Waals surface area contributed by atoms with Crippen LogP contribution in [0.25, 0.3) is 0 Å². The Labute approximate surface area is 142 Å². The first-order valence-electron chi connectivity index (χ1n) is 8.61. The van der Waals surface area contributed by atoms with Gasteiger partial charge in [0.1, 0.15) is 0 Å². The Hall–Kier alpha value is -1.92. The van der Waals surface area contributed by atoms with Crippen LogP contribution in [0.5, 0.6) is 5.88 Å². The van der Waals surface area contributed by atoms with Crippen molar-refractivity contribution in [2.24, 2.45) is 13.0 Å². The van der Waals surface area contributed by atoms with Gasteiger partial charge in [-0.15, -0.1) is 0 Å². The van der Waals surface area contributed by atoms with E-state index in [4.69, 9.17) is 9.47 Å². The zero-order valence-corrected chi connectivity index (χ0v) is 14.1. The van der Waals surface area contributed by atoms with Crippen LogP contribution in [0.15, 0.2) is 36.8 Å². The number of ether oxygens (including phenoxy) is 2. The highest BCUT2D eigenvalue weighted by atomic mass is 16.5. The number of pyridine rings is 1. The molecule has 1 atom stereocenters. The number of aromatic nitrogens is 3. The van der Waals surface area contributed by atoms with E-state index in [1.54, 1.807) is 6.20 Å². The number of rotatable bonds is 6. The summed E-state index contributed by atoms with van der Waals surface area (Å²) in [6.45, 7) is 4.55. The van der Waals surface area contributed by atoms with E-state index in [2.05, 4.69) is 21.2 Å². The van der Waals surface area contributed by atoms with E-state index in [0.717, 1.165) is 39.1 Å². The first-order valence-corrected chi connectivity index (χ1v) is 8.61. The third-order valence-electron chi connectivity index (χ3n) is 5.10.